The number of carbonyl (C=O) groups excluding carboxylic acids is 1. The maximum atomic E-state index is 12.5. The second-order valence-electron chi connectivity index (χ2n) is 6.20. The quantitative estimate of drug-likeness (QED) is 0.284. The highest BCUT2D eigenvalue weighted by atomic mass is 28.4. The van der Waals surface area contributed by atoms with Gasteiger partial charge in [-0.15, -0.1) is 0 Å². The first-order valence-electron chi connectivity index (χ1n) is 10.4. The minimum Gasteiger partial charge on any atom is -0.382 e. The van der Waals surface area contributed by atoms with Crippen LogP contribution >= 0.6 is 0 Å². The molecule has 0 aliphatic rings. The Hall–Kier alpha value is -0.473. The van der Waals surface area contributed by atoms with Crippen LogP contribution < -0.4 is 5.32 Å². The highest BCUT2D eigenvalue weighted by Crippen LogP contribution is 2.18. The lowest BCUT2D eigenvalue weighted by Gasteiger charge is -2.28. The minimum absolute atomic E-state index is 0.0770. The van der Waals surface area contributed by atoms with Crippen LogP contribution in [0, 0.1) is 5.92 Å². The zero-order valence-electron chi connectivity index (χ0n) is 17.6. The first-order valence-corrected chi connectivity index (χ1v) is 12.3. The molecule has 1 atom stereocenters. The molecule has 0 saturated heterocycles. The molecule has 0 aromatic rings. The van der Waals surface area contributed by atoms with Gasteiger partial charge in [0.1, 0.15) is 0 Å². The zero-order chi connectivity index (χ0) is 19.7. The van der Waals surface area contributed by atoms with E-state index >= 15 is 0 Å². The maximum Gasteiger partial charge on any atom is 0.500 e. The second-order valence-corrected chi connectivity index (χ2v) is 8.93. The van der Waals surface area contributed by atoms with Gasteiger partial charge in [0.2, 0.25) is 5.91 Å². The van der Waals surface area contributed by atoms with Crippen LogP contribution in [-0.4, -0.2) is 54.3 Å². The van der Waals surface area contributed by atoms with Crippen LogP contribution in [0.1, 0.15) is 66.7 Å². The molecule has 0 aromatic heterocycles. The summed E-state index contributed by atoms with van der Waals surface area (Å²) < 4.78 is 22.9. The summed E-state index contributed by atoms with van der Waals surface area (Å²) in [5.74, 6) is 0.230. The van der Waals surface area contributed by atoms with Crippen LogP contribution in [0.5, 0.6) is 0 Å². The van der Waals surface area contributed by atoms with Crippen molar-refractivity contribution in [2.24, 2.45) is 5.92 Å². The van der Waals surface area contributed by atoms with Gasteiger partial charge in [0.25, 0.3) is 0 Å². The van der Waals surface area contributed by atoms with Gasteiger partial charge >= 0.3 is 8.80 Å². The fraction of sp³-hybridized carbons (Fsp3) is 0.947. The molecule has 0 aliphatic carbocycles. The predicted molar refractivity (Wildman–Crippen MR) is 107 cm³/mol. The fourth-order valence-electron chi connectivity index (χ4n) is 2.99. The smallest absolute Gasteiger partial charge is 0.382 e. The first kappa shape index (κ1) is 25.5. The van der Waals surface area contributed by atoms with Crippen molar-refractivity contribution in [3.63, 3.8) is 0 Å². The largest absolute Gasteiger partial charge is 0.500 e. The summed E-state index contributed by atoms with van der Waals surface area (Å²) in [6, 6.07) is 0.728. The van der Waals surface area contributed by atoms with Crippen LogP contribution in [0.4, 0.5) is 0 Å². The van der Waals surface area contributed by atoms with Crippen LogP contribution in [-0.2, 0) is 22.8 Å². The summed E-state index contributed by atoms with van der Waals surface area (Å²) in [6.07, 6.45) is 4.56. The van der Waals surface area contributed by atoms with Gasteiger partial charge in [-0.1, -0.05) is 13.3 Å². The molecule has 0 radical (unpaired) electrons. The lowest BCUT2D eigenvalue weighted by atomic mass is 9.97. The van der Waals surface area contributed by atoms with E-state index in [9.17, 15) is 4.79 Å². The molecule has 0 aliphatic heterocycles. The van der Waals surface area contributed by atoms with Crippen LogP contribution in [0.15, 0.2) is 0 Å². The molecular formula is C19H41NO5Si. The molecule has 0 rings (SSSR count). The molecule has 0 fully saturated rings. The number of nitrogens with one attached hydrogen (secondary N) is 1. The summed E-state index contributed by atoms with van der Waals surface area (Å²) in [6.45, 7) is 13.8. The van der Waals surface area contributed by atoms with Crippen molar-refractivity contribution in [3.05, 3.63) is 0 Å². The van der Waals surface area contributed by atoms with E-state index in [-0.39, 0.29) is 11.8 Å². The van der Waals surface area contributed by atoms with Gasteiger partial charge in [-0.3, -0.25) is 4.79 Å². The third-order valence-electron chi connectivity index (χ3n) is 4.11. The highest BCUT2D eigenvalue weighted by Gasteiger charge is 2.39. The third-order valence-corrected chi connectivity index (χ3v) is 7.26. The Morgan fingerprint density at radius 1 is 0.885 bits per heavy atom. The molecule has 7 heteroatoms. The van der Waals surface area contributed by atoms with Gasteiger partial charge in [-0.2, -0.15) is 0 Å². The SMILES string of the molecule is CCCC(CCCOCC)C(=O)NCCC[Si](OCC)(OCC)OCC. The van der Waals surface area contributed by atoms with Gasteiger partial charge < -0.3 is 23.3 Å². The topological polar surface area (TPSA) is 66.0 Å². The molecule has 0 heterocycles. The lowest BCUT2D eigenvalue weighted by molar-refractivity contribution is -0.125. The van der Waals surface area contributed by atoms with Gasteiger partial charge in [0.15, 0.2) is 0 Å². The normalized spacial score (nSPS) is 13.0. The number of ether oxygens (including phenoxy) is 1. The molecule has 0 aromatic carbocycles. The van der Waals surface area contributed by atoms with E-state index in [2.05, 4.69) is 12.2 Å². The number of carbonyl (C=O) groups is 1. The van der Waals surface area contributed by atoms with E-state index in [1.807, 2.05) is 27.7 Å². The van der Waals surface area contributed by atoms with Crippen molar-refractivity contribution in [2.75, 3.05) is 39.6 Å². The van der Waals surface area contributed by atoms with Crippen molar-refractivity contribution < 1.29 is 22.8 Å². The molecule has 1 unspecified atom stereocenters. The predicted octanol–water partition coefficient (Wildman–Crippen LogP) is 3.77. The molecule has 6 nitrogen and oxygen atoms in total. The van der Waals surface area contributed by atoms with E-state index in [0.717, 1.165) is 51.4 Å². The minimum atomic E-state index is -2.61. The van der Waals surface area contributed by atoms with Crippen molar-refractivity contribution in [1.29, 1.82) is 0 Å². The van der Waals surface area contributed by atoms with Crippen molar-refractivity contribution in [3.8, 4) is 0 Å². The Labute approximate surface area is 161 Å². The summed E-state index contributed by atoms with van der Waals surface area (Å²) in [4.78, 5) is 12.5. The van der Waals surface area contributed by atoms with E-state index in [1.165, 1.54) is 0 Å². The molecule has 0 bridgehead atoms. The molecule has 1 amide bonds. The maximum absolute atomic E-state index is 12.5. The van der Waals surface area contributed by atoms with E-state index in [1.54, 1.807) is 0 Å². The average molecular weight is 392 g/mol. The van der Waals surface area contributed by atoms with Crippen molar-refractivity contribution in [2.45, 2.75) is 72.8 Å². The molecule has 26 heavy (non-hydrogen) atoms. The van der Waals surface area contributed by atoms with E-state index in [0.29, 0.717) is 26.4 Å². The van der Waals surface area contributed by atoms with Crippen LogP contribution in [0.25, 0.3) is 0 Å². The standard InChI is InChI=1S/C19H41NO5Si/c1-6-13-18(14-11-16-22-7-2)19(21)20-15-12-17-26(23-8-3,24-9-4)25-10-5/h18H,6-17H2,1-5H3,(H,20,21). The summed E-state index contributed by atoms with van der Waals surface area (Å²) >= 11 is 0. The fourth-order valence-corrected chi connectivity index (χ4v) is 5.61. The van der Waals surface area contributed by atoms with E-state index in [4.69, 9.17) is 18.0 Å². The van der Waals surface area contributed by atoms with Gasteiger partial charge in [0, 0.05) is 51.5 Å². The summed E-state index contributed by atoms with van der Waals surface area (Å²) in [7, 11) is -2.61. The lowest BCUT2D eigenvalue weighted by Crippen LogP contribution is -2.46. The van der Waals surface area contributed by atoms with Gasteiger partial charge in [0.05, 0.1) is 0 Å². The highest BCUT2D eigenvalue weighted by molar-refractivity contribution is 6.60. The Kier molecular flexibility index (Phi) is 16.4. The van der Waals surface area contributed by atoms with Crippen molar-refractivity contribution >= 4 is 14.7 Å². The zero-order valence-corrected chi connectivity index (χ0v) is 18.6. The third kappa shape index (κ3) is 11.3. The van der Waals surface area contributed by atoms with Crippen LogP contribution in [0.3, 0.4) is 0 Å². The Balaban J connectivity index is 4.34. The molecule has 0 saturated carbocycles. The number of hydrogen-bond acceptors (Lipinski definition) is 5. The molecular weight excluding hydrogens is 350 g/mol. The average Bonchev–Trinajstić information content (AvgIpc) is 2.62. The molecule has 0 spiro atoms. The summed E-state index contributed by atoms with van der Waals surface area (Å²) in [5.41, 5.74) is 0. The Bertz CT molecular complexity index is 327. The van der Waals surface area contributed by atoms with Gasteiger partial charge in [-0.05, 0) is 53.4 Å². The van der Waals surface area contributed by atoms with Gasteiger partial charge in [-0.25, -0.2) is 0 Å². The number of rotatable bonds is 18. The monoisotopic (exact) mass is 391 g/mol. The molecule has 156 valence electrons. The Morgan fingerprint density at radius 2 is 1.50 bits per heavy atom. The van der Waals surface area contributed by atoms with E-state index < -0.39 is 8.80 Å². The second kappa shape index (κ2) is 16.7. The summed E-state index contributed by atoms with van der Waals surface area (Å²) in [5, 5.41) is 3.08. The number of hydrogen-bond donors (Lipinski definition) is 1. The first-order chi connectivity index (χ1) is 12.6. The van der Waals surface area contributed by atoms with Crippen LogP contribution in [0.2, 0.25) is 6.04 Å². The number of amides is 1. The molecule has 1 N–H and O–H groups in total. The van der Waals surface area contributed by atoms with Crippen molar-refractivity contribution in [1.82, 2.24) is 5.32 Å². The Morgan fingerprint density at radius 3 is 2.00 bits per heavy atom.